The lowest BCUT2D eigenvalue weighted by Gasteiger charge is -2.16. The predicted octanol–water partition coefficient (Wildman–Crippen LogP) is 2.71. The Morgan fingerprint density at radius 1 is 1.50 bits per heavy atom. The number of hydrogen-bond acceptors (Lipinski definition) is 3. The molecule has 3 nitrogen and oxygen atoms in total. The van der Waals surface area contributed by atoms with Crippen LogP contribution in [0, 0.1) is 6.92 Å². The third-order valence-electron chi connectivity index (χ3n) is 1.76. The quantitative estimate of drug-likeness (QED) is 0.901. The van der Waals surface area contributed by atoms with Crippen LogP contribution in [0.15, 0.2) is 10.5 Å². The van der Waals surface area contributed by atoms with Crippen molar-refractivity contribution in [2.24, 2.45) is 5.14 Å². The zero-order valence-corrected chi connectivity index (χ0v) is 11.1. The Labute approximate surface area is 103 Å². The number of thiophene rings is 1. The molecule has 1 unspecified atom stereocenters. The number of aryl methyl sites for hydroxylation is 1. The van der Waals surface area contributed by atoms with Crippen LogP contribution < -0.4 is 5.14 Å². The van der Waals surface area contributed by atoms with Crippen molar-refractivity contribution in [3.8, 4) is 0 Å². The van der Waals surface area contributed by atoms with Crippen LogP contribution in [0.25, 0.3) is 0 Å². The number of rotatable bonds is 2. The topological polar surface area (TPSA) is 60.2 Å². The number of alkyl halides is 3. The van der Waals surface area contributed by atoms with Crippen LogP contribution in [0.3, 0.4) is 0 Å². The Balaban J connectivity index is 3.34. The Kier molecular flexibility index (Phi) is 3.73. The maximum absolute atomic E-state index is 12.6. The second-order valence-electron chi connectivity index (χ2n) is 3.06. The van der Waals surface area contributed by atoms with E-state index in [2.05, 4.69) is 21.1 Å². The highest BCUT2D eigenvalue weighted by Gasteiger charge is 2.49. The van der Waals surface area contributed by atoms with E-state index in [9.17, 15) is 21.6 Å². The van der Waals surface area contributed by atoms with Gasteiger partial charge in [-0.1, -0.05) is 0 Å². The smallest absolute Gasteiger partial charge is 0.228 e. The number of halogens is 4. The highest BCUT2D eigenvalue weighted by molar-refractivity contribution is 9.10. The average molecular weight is 338 g/mol. The molecule has 1 aromatic rings. The van der Waals surface area contributed by atoms with Crippen LogP contribution in [0.5, 0.6) is 0 Å². The Morgan fingerprint density at radius 3 is 2.25 bits per heavy atom. The summed E-state index contributed by atoms with van der Waals surface area (Å²) >= 11 is 3.78. The fraction of sp³-hybridized carbons (Fsp3) is 0.429. The minimum Gasteiger partial charge on any atom is -0.228 e. The van der Waals surface area contributed by atoms with E-state index in [0.29, 0.717) is 9.35 Å². The van der Waals surface area contributed by atoms with Gasteiger partial charge in [-0.25, -0.2) is 13.6 Å². The second kappa shape index (κ2) is 4.28. The third kappa shape index (κ3) is 2.96. The molecule has 16 heavy (non-hydrogen) atoms. The Hall–Kier alpha value is -0.120. The zero-order chi connectivity index (χ0) is 12.7. The fourth-order valence-corrected chi connectivity index (χ4v) is 4.00. The lowest BCUT2D eigenvalue weighted by molar-refractivity contribution is -0.130. The van der Waals surface area contributed by atoms with Gasteiger partial charge in [0.2, 0.25) is 15.3 Å². The molecule has 0 aliphatic heterocycles. The minimum atomic E-state index is -4.91. The van der Waals surface area contributed by atoms with Crippen molar-refractivity contribution in [1.29, 1.82) is 0 Å². The van der Waals surface area contributed by atoms with E-state index in [0.717, 1.165) is 17.4 Å². The van der Waals surface area contributed by atoms with Gasteiger partial charge < -0.3 is 0 Å². The summed E-state index contributed by atoms with van der Waals surface area (Å²) in [7, 11) is -4.71. The van der Waals surface area contributed by atoms with Gasteiger partial charge in [-0.3, -0.25) is 0 Å². The lowest BCUT2D eigenvalue weighted by atomic mass is 10.3. The van der Waals surface area contributed by atoms with Gasteiger partial charge in [0, 0.05) is 14.2 Å². The molecule has 0 spiro atoms. The van der Waals surface area contributed by atoms with E-state index < -0.39 is 21.4 Å². The van der Waals surface area contributed by atoms with Gasteiger partial charge in [0.15, 0.2) is 0 Å². The predicted molar refractivity (Wildman–Crippen MR) is 58.7 cm³/mol. The van der Waals surface area contributed by atoms with E-state index in [1.807, 2.05) is 0 Å². The van der Waals surface area contributed by atoms with Crippen molar-refractivity contribution in [1.82, 2.24) is 0 Å². The Bertz CT molecular complexity index is 475. The molecular formula is C7H7BrF3NO2S2. The molecule has 0 aliphatic rings. The first-order valence-electron chi connectivity index (χ1n) is 3.87. The average Bonchev–Trinajstić information content (AvgIpc) is 2.24. The molecule has 0 saturated heterocycles. The van der Waals surface area contributed by atoms with Crippen LogP contribution in [0.2, 0.25) is 0 Å². The lowest BCUT2D eigenvalue weighted by Crippen LogP contribution is -2.32. The van der Waals surface area contributed by atoms with Crippen molar-refractivity contribution in [3.63, 3.8) is 0 Å². The summed E-state index contributed by atoms with van der Waals surface area (Å²) in [6.45, 7) is 1.58. The van der Waals surface area contributed by atoms with Crippen molar-refractivity contribution < 1.29 is 21.6 Å². The SMILES string of the molecule is Cc1sc(C(C(F)(F)F)S(N)(=O)=O)cc1Br. The van der Waals surface area contributed by atoms with Crippen molar-refractivity contribution in [2.45, 2.75) is 18.3 Å². The summed E-state index contributed by atoms with van der Waals surface area (Å²) in [6, 6.07) is 1.13. The molecule has 0 fully saturated rings. The van der Waals surface area contributed by atoms with Gasteiger partial charge in [-0.05, 0) is 28.9 Å². The molecule has 0 amide bonds. The number of sulfonamides is 1. The molecule has 2 N–H and O–H groups in total. The standard InChI is InChI=1S/C7H7BrF3NO2S2/c1-3-4(8)2-5(15-3)6(7(9,10)11)16(12,13)14/h2,6H,1H3,(H2,12,13,14). The molecule has 9 heteroatoms. The maximum atomic E-state index is 12.6. The van der Waals surface area contributed by atoms with Gasteiger partial charge in [0.25, 0.3) is 0 Å². The first kappa shape index (κ1) is 13.9. The molecule has 0 aliphatic carbocycles. The summed E-state index contributed by atoms with van der Waals surface area (Å²) < 4.78 is 60.1. The van der Waals surface area contributed by atoms with Crippen LogP contribution >= 0.6 is 27.3 Å². The highest BCUT2D eigenvalue weighted by atomic mass is 79.9. The van der Waals surface area contributed by atoms with Gasteiger partial charge >= 0.3 is 6.18 Å². The van der Waals surface area contributed by atoms with Gasteiger partial charge in [0.1, 0.15) is 0 Å². The van der Waals surface area contributed by atoms with Gasteiger partial charge in [-0.2, -0.15) is 13.2 Å². The molecular weight excluding hydrogens is 331 g/mol. The van der Waals surface area contributed by atoms with Crippen LogP contribution in [-0.4, -0.2) is 14.6 Å². The molecule has 1 atom stereocenters. The van der Waals surface area contributed by atoms with Crippen molar-refractivity contribution in [3.05, 3.63) is 20.3 Å². The summed E-state index contributed by atoms with van der Waals surface area (Å²) in [5.41, 5.74) is 0. The normalized spacial score (nSPS) is 15.1. The number of primary sulfonamides is 1. The van der Waals surface area contributed by atoms with Gasteiger partial charge in [-0.15, -0.1) is 11.3 Å². The largest absolute Gasteiger partial charge is 0.411 e. The fourth-order valence-electron chi connectivity index (χ4n) is 1.12. The molecule has 1 rings (SSSR count). The number of nitrogens with two attached hydrogens (primary N) is 1. The highest BCUT2D eigenvalue weighted by Crippen LogP contribution is 2.42. The van der Waals surface area contributed by atoms with E-state index in [1.165, 1.54) is 0 Å². The van der Waals surface area contributed by atoms with Crippen molar-refractivity contribution in [2.75, 3.05) is 0 Å². The second-order valence-corrected chi connectivity index (χ2v) is 6.86. The third-order valence-corrected chi connectivity index (χ3v) is 5.29. The van der Waals surface area contributed by atoms with Crippen LogP contribution in [-0.2, 0) is 10.0 Å². The summed E-state index contributed by atoms with van der Waals surface area (Å²) in [5.74, 6) is 0. The molecule has 1 aromatic heterocycles. The van der Waals surface area contributed by atoms with E-state index >= 15 is 0 Å². The minimum absolute atomic E-state index is 0.334. The van der Waals surface area contributed by atoms with Gasteiger partial charge in [0.05, 0.1) is 0 Å². The molecule has 0 bridgehead atoms. The first-order valence-corrected chi connectivity index (χ1v) is 7.09. The monoisotopic (exact) mass is 337 g/mol. The molecule has 0 radical (unpaired) electrons. The summed E-state index contributed by atoms with van der Waals surface area (Å²) in [6.07, 6.45) is -4.91. The Morgan fingerprint density at radius 2 is 2.00 bits per heavy atom. The summed E-state index contributed by atoms with van der Waals surface area (Å²) in [5, 5.41) is 1.94. The zero-order valence-electron chi connectivity index (χ0n) is 7.88. The molecule has 0 saturated carbocycles. The van der Waals surface area contributed by atoms with Crippen LogP contribution in [0.4, 0.5) is 13.2 Å². The van der Waals surface area contributed by atoms with Crippen LogP contribution in [0.1, 0.15) is 15.0 Å². The van der Waals surface area contributed by atoms with E-state index in [-0.39, 0.29) is 4.88 Å². The van der Waals surface area contributed by atoms with E-state index in [1.54, 1.807) is 6.92 Å². The molecule has 1 heterocycles. The maximum Gasteiger partial charge on any atom is 0.411 e. The number of hydrogen-bond donors (Lipinski definition) is 1. The van der Waals surface area contributed by atoms with E-state index in [4.69, 9.17) is 0 Å². The summed E-state index contributed by atoms with van der Waals surface area (Å²) in [4.78, 5) is 0.229. The molecule has 92 valence electrons. The van der Waals surface area contributed by atoms with Crippen molar-refractivity contribution >= 4 is 37.3 Å². The molecule has 0 aromatic carbocycles. The first-order chi connectivity index (χ1) is 7.03.